The van der Waals surface area contributed by atoms with E-state index in [1.807, 2.05) is 0 Å². The van der Waals surface area contributed by atoms with Crippen LogP contribution in [0.3, 0.4) is 0 Å². The molecule has 2 N–H and O–H groups in total. The molecule has 1 saturated heterocycles. The number of aryl methyl sites for hydroxylation is 1. The van der Waals surface area contributed by atoms with Crippen LogP contribution in [0.1, 0.15) is 24.8 Å². The zero-order chi connectivity index (χ0) is 16.2. The summed E-state index contributed by atoms with van der Waals surface area (Å²) < 4.78 is 41.0. The first kappa shape index (κ1) is 16.6. The molecule has 0 radical (unpaired) electrons. The number of carbonyl (C=O) groups excluding carboxylic acids is 1. The molecule has 1 atom stereocenters. The molecule has 0 saturated carbocycles. The molecule has 22 heavy (non-hydrogen) atoms. The monoisotopic (exact) mass is 316 g/mol. The van der Waals surface area contributed by atoms with E-state index in [0.717, 1.165) is 12.8 Å². The van der Waals surface area contributed by atoms with Crippen molar-refractivity contribution >= 4 is 5.91 Å². The summed E-state index contributed by atoms with van der Waals surface area (Å²) >= 11 is 0. The lowest BCUT2D eigenvalue weighted by Crippen LogP contribution is -2.45. The third-order valence-corrected chi connectivity index (χ3v) is 3.62. The van der Waals surface area contributed by atoms with Crippen molar-refractivity contribution in [1.29, 1.82) is 0 Å². The quantitative estimate of drug-likeness (QED) is 0.928. The Kier molecular flexibility index (Phi) is 5.28. The molecule has 122 valence electrons. The average molecular weight is 316 g/mol. The van der Waals surface area contributed by atoms with Crippen molar-refractivity contribution in [1.82, 2.24) is 4.90 Å². The lowest BCUT2D eigenvalue weighted by Gasteiger charge is -2.30. The molecule has 0 aromatic heterocycles. The Bertz CT molecular complexity index is 520. The van der Waals surface area contributed by atoms with Gasteiger partial charge in [-0.3, -0.25) is 4.79 Å². The molecule has 0 spiro atoms. The molecule has 1 fully saturated rings. The van der Waals surface area contributed by atoms with Gasteiger partial charge in [0.1, 0.15) is 5.75 Å². The van der Waals surface area contributed by atoms with Crippen LogP contribution < -0.4 is 10.5 Å². The van der Waals surface area contributed by atoms with Gasteiger partial charge in [0.2, 0.25) is 5.91 Å². The highest BCUT2D eigenvalue weighted by atomic mass is 19.4. The summed E-state index contributed by atoms with van der Waals surface area (Å²) in [6, 6.07) is 5.87. The van der Waals surface area contributed by atoms with Gasteiger partial charge in [-0.2, -0.15) is 0 Å². The third kappa shape index (κ3) is 4.91. The van der Waals surface area contributed by atoms with E-state index in [2.05, 4.69) is 4.74 Å². The number of nitrogens with zero attached hydrogens (tertiary/aromatic N) is 1. The molecule has 1 aromatic carbocycles. The number of hydrogen-bond donors (Lipinski definition) is 1. The molecular formula is C15H19F3N2O2. The van der Waals surface area contributed by atoms with Crippen molar-refractivity contribution < 1.29 is 22.7 Å². The Morgan fingerprint density at radius 1 is 1.36 bits per heavy atom. The fourth-order valence-electron chi connectivity index (χ4n) is 2.57. The summed E-state index contributed by atoms with van der Waals surface area (Å²) in [5.74, 6) is -0.338. The van der Waals surface area contributed by atoms with E-state index in [9.17, 15) is 18.0 Å². The van der Waals surface area contributed by atoms with E-state index in [-0.39, 0.29) is 30.5 Å². The zero-order valence-electron chi connectivity index (χ0n) is 12.1. The second-order valence-corrected chi connectivity index (χ2v) is 5.40. The third-order valence-electron chi connectivity index (χ3n) is 3.62. The first-order chi connectivity index (χ1) is 10.3. The zero-order valence-corrected chi connectivity index (χ0v) is 12.1. The van der Waals surface area contributed by atoms with Crippen molar-refractivity contribution in [2.24, 2.45) is 5.73 Å². The standard InChI is InChI=1S/C15H19F3N2O2/c16-15(17,18)22-13-6-2-1-4-11(13)7-8-14(21)20-9-3-5-12(19)10-20/h1-2,4,6,12H,3,5,7-10,19H2/t12-/m0/s1. The number of ether oxygens (including phenoxy) is 1. The van der Waals surface area contributed by atoms with Crippen molar-refractivity contribution in [3.63, 3.8) is 0 Å². The van der Waals surface area contributed by atoms with Gasteiger partial charge >= 0.3 is 6.36 Å². The second kappa shape index (κ2) is 7.00. The van der Waals surface area contributed by atoms with Gasteiger partial charge < -0.3 is 15.4 Å². The number of benzene rings is 1. The first-order valence-electron chi connectivity index (χ1n) is 7.22. The number of amides is 1. The highest BCUT2D eigenvalue weighted by molar-refractivity contribution is 5.76. The lowest BCUT2D eigenvalue weighted by molar-refractivity contribution is -0.274. The summed E-state index contributed by atoms with van der Waals surface area (Å²) in [5.41, 5.74) is 6.19. The molecule has 1 aromatic rings. The van der Waals surface area contributed by atoms with Crippen molar-refractivity contribution in [3.05, 3.63) is 29.8 Å². The molecular weight excluding hydrogens is 297 g/mol. The molecule has 0 aliphatic carbocycles. The summed E-state index contributed by atoms with van der Waals surface area (Å²) in [5, 5.41) is 0. The van der Waals surface area contributed by atoms with Gasteiger partial charge in [0, 0.05) is 25.6 Å². The van der Waals surface area contributed by atoms with Crippen LogP contribution in [-0.4, -0.2) is 36.3 Å². The van der Waals surface area contributed by atoms with Gasteiger partial charge in [-0.25, -0.2) is 0 Å². The van der Waals surface area contributed by atoms with Crippen LogP contribution >= 0.6 is 0 Å². The minimum Gasteiger partial charge on any atom is -0.406 e. The summed E-state index contributed by atoms with van der Waals surface area (Å²) in [4.78, 5) is 13.8. The largest absolute Gasteiger partial charge is 0.573 e. The smallest absolute Gasteiger partial charge is 0.406 e. The second-order valence-electron chi connectivity index (χ2n) is 5.40. The summed E-state index contributed by atoms with van der Waals surface area (Å²) in [6.45, 7) is 1.17. The molecule has 1 heterocycles. The van der Waals surface area contributed by atoms with E-state index in [4.69, 9.17) is 5.73 Å². The highest BCUT2D eigenvalue weighted by Crippen LogP contribution is 2.27. The summed E-state index contributed by atoms with van der Waals surface area (Å²) in [7, 11) is 0. The van der Waals surface area contributed by atoms with E-state index < -0.39 is 6.36 Å². The minimum atomic E-state index is -4.74. The van der Waals surface area contributed by atoms with Gasteiger partial charge in [0.15, 0.2) is 0 Å². The van der Waals surface area contributed by atoms with E-state index >= 15 is 0 Å². The molecule has 1 aliphatic rings. The maximum atomic E-state index is 12.3. The molecule has 4 nitrogen and oxygen atoms in total. The van der Waals surface area contributed by atoms with Crippen LogP contribution in [0.25, 0.3) is 0 Å². The Morgan fingerprint density at radius 2 is 2.09 bits per heavy atom. The van der Waals surface area contributed by atoms with E-state index in [1.165, 1.54) is 18.2 Å². The van der Waals surface area contributed by atoms with Crippen LogP contribution in [0.2, 0.25) is 0 Å². The van der Waals surface area contributed by atoms with Crippen molar-refractivity contribution in [2.45, 2.75) is 38.1 Å². The number of hydrogen-bond acceptors (Lipinski definition) is 3. The Morgan fingerprint density at radius 3 is 2.77 bits per heavy atom. The maximum Gasteiger partial charge on any atom is 0.573 e. The van der Waals surface area contributed by atoms with Gasteiger partial charge in [0.25, 0.3) is 0 Å². The minimum absolute atomic E-state index is 0.0152. The van der Waals surface area contributed by atoms with Crippen molar-refractivity contribution in [2.75, 3.05) is 13.1 Å². The molecule has 0 bridgehead atoms. The lowest BCUT2D eigenvalue weighted by atomic mass is 10.0. The molecule has 1 amide bonds. The predicted octanol–water partition coefficient (Wildman–Crippen LogP) is 2.47. The number of carbonyl (C=O) groups is 1. The van der Waals surface area contributed by atoms with Gasteiger partial charge in [-0.1, -0.05) is 18.2 Å². The number of piperidine rings is 1. The van der Waals surface area contributed by atoms with Crippen LogP contribution in [0.5, 0.6) is 5.75 Å². The number of para-hydroxylation sites is 1. The maximum absolute atomic E-state index is 12.3. The highest BCUT2D eigenvalue weighted by Gasteiger charge is 2.32. The van der Waals surface area contributed by atoms with E-state index in [1.54, 1.807) is 11.0 Å². The normalized spacial score (nSPS) is 19.1. The van der Waals surface area contributed by atoms with Crippen LogP contribution in [0, 0.1) is 0 Å². The number of alkyl halides is 3. The average Bonchev–Trinajstić information content (AvgIpc) is 2.44. The fraction of sp³-hybridized carbons (Fsp3) is 0.533. The van der Waals surface area contributed by atoms with Gasteiger partial charge in [-0.15, -0.1) is 13.2 Å². The van der Waals surface area contributed by atoms with Crippen molar-refractivity contribution in [3.8, 4) is 5.75 Å². The van der Waals surface area contributed by atoms with E-state index in [0.29, 0.717) is 18.7 Å². The van der Waals surface area contributed by atoms with Gasteiger partial charge in [-0.05, 0) is 30.9 Å². The number of halogens is 3. The number of nitrogens with two attached hydrogens (primary N) is 1. The SMILES string of the molecule is N[C@H]1CCCN(C(=O)CCc2ccccc2OC(F)(F)F)C1. The number of likely N-dealkylation sites (tertiary alicyclic amines) is 1. The fourth-order valence-corrected chi connectivity index (χ4v) is 2.57. The Labute approximate surface area is 127 Å². The van der Waals surface area contributed by atoms with Crippen LogP contribution in [0.15, 0.2) is 24.3 Å². The summed E-state index contributed by atoms with van der Waals surface area (Å²) in [6.07, 6.45) is -2.63. The predicted molar refractivity (Wildman–Crippen MR) is 75.2 cm³/mol. The molecule has 2 rings (SSSR count). The molecule has 7 heteroatoms. The molecule has 1 aliphatic heterocycles. The molecule has 0 unspecified atom stereocenters. The van der Waals surface area contributed by atoms with Crippen LogP contribution in [-0.2, 0) is 11.2 Å². The van der Waals surface area contributed by atoms with Crippen LogP contribution in [0.4, 0.5) is 13.2 Å². The number of rotatable bonds is 4. The van der Waals surface area contributed by atoms with Gasteiger partial charge in [0.05, 0.1) is 0 Å². The Balaban J connectivity index is 1.95. The Hall–Kier alpha value is -1.76. The first-order valence-corrected chi connectivity index (χ1v) is 7.22. The topological polar surface area (TPSA) is 55.6 Å².